The molecule has 2 atom stereocenters. The first-order valence-corrected chi connectivity index (χ1v) is 7.71. The molecule has 3 rings (SSSR count). The van der Waals surface area contributed by atoms with Gasteiger partial charge in [-0.15, -0.1) is 11.8 Å². The van der Waals surface area contributed by atoms with Crippen LogP contribution in [-0.2, 0) is 12.8 Å². The zero-order chi connectivity index (χ0) is 11.8. The van der Waals surface area contributed by atoms with E-state index in [1.807, 2.05) is 0 Å². The van der Waals surface area contributed by atoms with E-state index >= 15 is 0 Å². The molecule has 17 heavy (non-hydrogen) atoms. The van der Waals surface area contributed by atoms with Crippen molar-refractivity contribution >= 4 is 11.8 Å². The van der Waals surface area contributed by atoms with Crippen molar-refractivity contribution in [1.82, 2.24) is 5.32 Å². The highest BCUT2D eigenvalue weighted by molar-refractivity contribution is 8.00. The molecule has 0 saturated carbocycles. The summed E-state index contributed by atoms with van der Waals surface area (Å²) in [5.74, 6) is 0. The molecule has 0 fully saturated rings. The molecule has 1 N–H and O–H groups in total. The van der Waals surface area contributed by atoms with Crippen molar-refractivity contribution in [3.8, 4) is 0 Å². The average molecular weight is 247 g/mol. The number of aryl methyl sites for hydroxylation is 2. The molecule has 0 amide bonds. The molecule has 0 spiro atoms. The van der Waals surface area contributed by atoms with Gasteiger partial charge in [-0.25, -0.2) is 0 Å². The van der Waals surface area contributed by atoms with E-state index in [0.29, 0.717) is 6.04 Å². The molecule has 0 aromatic heterocycles. The molecule has 1 aliphatic heterocycles. The van der Waals surface area contributed by atoms with E-state index < -0.39 is 0 Å². The maximum Gasteiger partial charge on any atom is 0.0452 e. The Balaban J connectivity index is 1.96. The number of hydrogen-bond acceptors (Lipinski definition) is 2. The van der Waals surface area contributed by atoms with Gasteiger partial charge in [0.05, 0.1) is 0 Å². The summed E-state index contributed by atoms with van der Waals surface area (Å²) in [5, 5.41) is 4.26. The second-order valence-electron chi connectivity index (χ2n) is 5.22. The molecule has 2 heteroatoms. The van der Waals surface area contributed by atoms with Crippen molar-refractivity contribution in [2.24, 2.45) is 0 Å². The van der Waals surface area contributed by atoms with Gasteiger partial charge in [-0.2, -0.15) is 0 Å². The van der Waals surface area contributed by atoms with Crippen molar-refractivity contribution < 1.29 is 0 Å². The molecule has 92 valence electrons. The summed E-state index contributed by atoms with van der Waals surface area (Å²) in [6.45, 7) is 2.29. The summed E-state index contributed by atoms with van der Waals surface area (Å²) >= 11 is 2.10. The largest absolute Gasteiger partial charge is 0.312 e. The third-order valence-corrected chi connectivity index (χ3v) is 5.51. The average Bonchev–Trinajstić information content (AvgIpc) is 2.89. The maximum atomic E-state index is 3.53. The summed E-state index contributed by atoms with van der Waals surface area (Å²) in [6.07, 6.45) is 6.54. The Bertz CT molecular complexity index is 427. The predicted octanol–water partition coefficient (Wildman–Crippen LogP) is 3.71. The summed E-state index contributed by atoms with van der Waals surface area (Å²) in [4.78, 5) is 1.54. The third-order valence-electron chi connectivity index (χ3n) is 4.09. The first kappa shape index (κ1) is 11.6. The Kier molecular flexibility index (Phi) is 3.18. The fourth-order valence-corrected chi connectivity index (χ4v) is 4.88. The highest BCUT2D eigenvalue weighted by atomic mass is 32.2. The van der Waals surface area contributed by atoms with Crippen LogP contribution < -0.4 is 5.32 Å². The van der Waals surface area contributed by atoms with Gasteiger partial charge in [0, 0.05) is 16.2 Å². The first-order chi connectivity index (χ1) is 8.33. The Morgan fingerprint density at radius 1 is 1.29 bits per heavy atom. The molecular weight excluding hydrogens is 226 g/mol. The van der Waals surface area contributed by atoms with E-state index in [4.69, 9.17) is 0 Å². The van der Waals surface area contributed by atoms with Gasteiger partial charge in [0.15, 0.2) is 0 Å². The quantitative estimate of drug-likeness (QED) is 0.874. The number of fused-ring (bicyclic) bond motifs is 2. The lowest BCUT2D eigenvalue weighted by Gasteiger charge is -2.18. The van der Waals surface area contributed by atoms with Crippen LogP contribution in [0.15, 0.2) is 17.0 Å². The third kappa shape index (κ3) is 1.92. The number of hydrogen-bond donors (Lipinski definition) is 1. The van der Waals surface area contributed by atoms with Crippen molar-refractivity contribution in [2.75, 3.05) is 7.05 Å². The van der Waals surface area contributed by atoms with Crippen LogP contribution in [0.3, 0.4) is 0 Å². The Morgan fingerprint density at radius 2 is 2.06 bits per heavy atom. The number of rotatable bonds is 3. The van der Waals surface area contributed by atoms with Crippen molar-refractivity contribution in [1.29, 1.82) is 0 Å². The fourth-order valence-electron chi connectivity index (χ4n) is 3.25. The normalized spacial score (nSPS) is 26.0. The summed E-state index contributed by atoms with van der Waals surface area (Å²) < 4.78 is 0. The van der Waals surface area contributed by atoms with Crippen LogP contribution in [0.5, 0.6) is 0 Å². The standard InChI is InChI=1S/C15H21NS/c1-3-5-13-15(16-2)12-8-10-6-4-7-11(10)9-14(12)17-13/h8-9,13,15-16H,3-7H2,1-2H3. The van der Waals surface area contributed by atoms with E-state index in [1.165, 1.54) is 32.1 Å². The number of thioether (sulfide) groups is 1. The molecule has 2 unspecified atom stereocenters. The number of nitrogens with one attached hydrogen (secondary N) is 1. The van der Waals surface area contributed by atoms with E-state index in [1.54, 1.807) is 21.6 Å². The van der Waals surface area contributed by atoms with E-state index in [-0.39, 0.29) is 0 Å². The van der Waals surface area contributed by atoms with E-state index in [0.717, 1.165) is 5.25 Å². The Morgan fingerprint density at radius 3 is 2.76 bits per heavy atom. The first-order valence-electron chi connectivity index (χ1n) is 6.83. The van der Waals surface area contributed by atoms with E-state index in [2.05, 4.69) is 43.2 Å². The van der Waals surface area contributed by atoms with Crippen LogP contribution in [0.2, 0.25) is 0 Å². The molecule has 0 radical (unpaired) electrons. The van der Waals surface area contributed by atoms with E-state index in [9.17, 15) is 0 Å². The van der Waals surface area contributed by atoms with Crippen LogP contribution in [-0.4, -0.2) is 12.3 Å². The summed E-state index contributed by atoms with van der Waals surface area (Å²) in [6, 6.07) is 5.53. The zero-order valence-corrected chi connectivity index (χ0v) is 11.6. The lowest BCUT2D eigenvalue weighted by atomic mass is 9.97. The van der Waals surface area contributed by atoms with Crippen molar-refractivity contribution in [3.05, 3.63) is 28.8 Å². The minimum absolute atomic E-state index is 0.570. The SMILES string of the molecule is CCCC1Sc2cc3c(cc2C1NC)CCC3. The zero-order valence-electron chi connectivity index (χ0n) is 10.8. The minimum Gasteiger partial charge on any atom is -0.312 e. The second-order valence-corrected chi connectivity index (χ2v) is 6.50. The van der Waals surface area contributed by atoms with Crippen LogP contribution in [0.1, 0.15) is 48.9 Å². The minimum atomic E-state index is 0.570. The van der Waals surface area contributed by atoms with Crippen molar-refractivity contribution in [2.45, 2.75) is 55.2 Å². The molecule has 0 bridgehead atoms. The van der Waals surface area contributed by atoms with Gasteiger partial charge in [-0.05, 0) is 55.5 Å². The fraction of sp³-hybridized carbons (Fsp3) is 0.600. The molecule has 2 aliphatic rings. The van der Waals surface area contributed by atoms with Crippen LogP contribution in [0.4, 0.5) is 0 Å². The van der Waals surface area contributed by atoms with Crippen LogP contribution in [0, 0.1) is 0 Å². The molecule has 0 saturated heterocycles. The molecular formula is C15H21NS. The van der Waals surface area contributed by atoms with Gasteiger partial charge in [-0.1, -0.05) is 19.4 Å². The highest BCUT2D eigenvalue weighted by Gasteiger charge is 2.32. The maximum absolute atomic E-state index is 3.53. The topological polar surface area (TPSA) is 12.0 Å². The molecule has 1 aromatic carbocycles. The number of benzene rings is 1. The lowest BCUT2D eigenvalue weighted by Crippen LogP contribution is -2.23. The van der Waals surface area contributed by atoms with Crippen molar-refractivity contribution in [3.63, 3.8) is 0 Å². The van der Waals surface area contributed by atoms with Gasteiger partial charge >= 0.3 is 0 Å². The van der Waals surface area contributed by atoms with Gasteiger partial charge < -0.3 is 5.32 Å². The smallest absolute Gasteiger partial charge is 0.0452 e. The molecule has 1 aliphatic carbocycles. The highest BCUT2D eigenvalue weighted by Crippen LogP contribution is 2.47. The summed E-state index contributed by atoms with van der Waals surface area (Å²) in [7, 11) is 2.11. The van der Waals surface area contributed by atoms with Crippen LogP contribution in [0.25, 0.3) is 0 Å². The Labute approximate surface area is 108 Å². The predicted molar refractivity (Wildman–Crippen MR) is 74.8 cm³/mol. The Hall–Kier alpha value is -0.470. The molecule has 1 aromatic rings. The lowest BCUT2D eigenvalue weighted by molar-refractivity contribution is 0.544. The summed E-state index contributed by atoms with van der Waals surface area (Å²) in [5.41, 5.74) is 4.79. The molecule has 1 nitrogen and oxygen atoms in total. The second kappa shape index (κ2) is 4.66. The van der Waals surface area contributed by atoms with Gasteiger partial charge in [0.1, 0.15) is 0 Å². The monoisotopic (exact) mass is 247 g/mol. The van der Waals surface area contributed by atoms with Gasteiger partial charge in [-0.3, -0.25) is 0 Å². The van der Waals surface area contributed by atoms with Crippen LogP contribution >= 0.6 is 11.8 Å². The molecule has 1 heterocycles. The van der Waals surface area contributed by atoms with Gasteiger partial charge in [0.2, 0.25) is 0 Å². The van der Waals surface area contributed by atoms with Gasteiger partial charge in [0.25, 0.3) is 0 Å².